The first-order valence-corrected chi connectivity index (χ1v) is 8.54. The highest BCUT2D eigenvalue weighted by molar-refractivity contribution is 5.71. The number of methoxy groups -OCH3 is 1. The summed E-state index contributed by atoms with van der Waals surface area (Å²) in [6.07, 6.45) is 0.868. The number of carbonyl (C=O) groups is 1. The van der Waals surface area contributed by atoms with Gasteiger partial charge in [-0.1, -0.05) is 20.3 Å². The summed E-state index contributed by atoms with van der Waals surface area (Å²) in [7, 11) is 1.39. The molecule has 6 nitrogen and oxygen atoms in total. The van der Waals surface area contributed by atoms with Crippen molar-refractivity contribution < 1.29 is 24.9 Å². The number of hydrogen-bond acceptors (Lipinski definition) is 6. The van der Waals surface area contributed by atoms with Crippen molar-refractivity contribution in [3.63, 3.8) is 0 Å². The van der Waals surface area contributed by atoms with Gasteiger partial charge in [-0.15, -0.1) is 0 Å². The summed E-state index contributed by atoms with van der Waals surface area (Å²) in [5.41, 5.74) is 0. The van der Waals surface area contributed by atoms with Crippen LogP contribution in [-0.4, -0.2) is 59.3 Å². The van der Waals surface area contributed by atoms with E-state index in [1.807, 2.05) is 20.8 Å². The number of aliphatic hydroxyl groups excluding tert-OH is 3. The molecular formula is C17H35NO5. The Balaban J connectivity index is 3.89. The van der Waals surface area contributed by atoms with Crippen LogP contribution in [0.1, 0.15) is 53.4 Å². The molecule has 0 aromatic carbocycles. The molecule has 0 fully saturated rings. The largest absolute Gasteiger partial charge is 0.469 e. The average Bonchev–Trinajstić information content (AvgIpc) is 2.50. The van der Waals surface area contributed by atoms with Gasteiger partial charge in [-0.3, -0.25) is 4.79 Å². The molecule has 4 N–H and O–H groups in total. The summed E-state index contributed by atoms with van der Waals surface area (Å²) in [4.78, 5) is 11.3. The SMILES string of the molecule is COC(=O)C(C)CCCC(O)C[C@@H](C)CNC(C)C(O)C(C)O. The van der Waals surface area contributed by atoms with Crippen molar-refractivity contribution >= 4 is 5.97 Å². The molecule has 0 amide bonds. The van der Waals surface area contributed by atoms with Crippen LogP contribution < -0.4 is 5.32 Å². The van der Waals surface area contributed by atoms with Gasteiger partial charge in [0, 0.05) is 6.04 Å². The molecule has 0 saturated carbocycles. The van der Waals surface area contributed by atoms with Crippen molar-refractivity contribution in [2.45, 2.75) is 77.7 Å². The van der Waals surface area contributed by atoms with Crippen LogP contribution in [0.25, 0.3) is 0 Å². The summed E-state index contributed by atoms with van der Waals surface area (Å²) < 4.78 is 4.68. The van der Waals surface area contributed by atoms with Crippen LogP contribution in [0.4, 0.5) is 0 Å². The second-order valence-electron chi connectivity index (χ2n) is 6.78. The Morgan fingerprint density at radius 3 is 2.22 bits per heavy atom. The predicted molar refractivity (Wildman–Crippen MR) is 90.0 cm³/mol. The molecule has 0 aliphatic rings. The van der Waals surface area contributed by atoms with Gasteiger partial charge in [0.15, 0.2) is 0 Å². The molecule has 6 heteroatoms. The van der Waals surface area contributed by atoms with E-state index in [9.17, 15) is 20.1 Å². The average molecular weight is 333 g/mol. The van der Waals surface area contributed by atoms with Gasteiger partial charge in [0.05, 0.1) is 31.3 Å². The molecular weight excluding hydrogens is 298 g/mol. The van der Waals surface area contributed by atoms with E-state index in [2.05, 4.69) is 10.1 Å². The molecule has 23 heavy (non-hydrogen) atoms. The third-order valence-corrected chi connectivity index (χ3v) is 4.25. The second kappa shape index (κ2) is 11.8. The highest BCUT2D eigenvalue weighted by Crippen LogP contribution is 2.15. The Labute approximate surface area is 140 Å². The quantitative estimate of drug-likeness (QED) is 0.399. The molecule has 0 saturated heterocycles. The molecule has 0 radical (unpaired) electrons. The number of aliphatic hydroxyl groups is 3. The molecule has 0 heterocycles. The normalized spacial score (nSPS) is 19.5. The first kappa shape index (κ1) is 22.3. The third-order valence-electron chi connectivity index (χ3n) is 4.25. The van der Waals surface area contributed by atoms with Crippen LogP contribution in [-0.2, 0) is 9.53 Å². The lowest BCUT2D eigenvalue weighted by Crippen LogP contribution is -2.44. The Morgan fingerprint density at radius 2 is 1.70 bits per heavy atom. The van der Waals surface area contributed by atoms with E-state index in [1.54, 1.807) is 6.92 Å². The van der Waals surface area contributed by atoms with Crippen molar-refractivity contribution in [3.8, 4) is 0 Å². The van der Waals surface area contributed by atoms with Crippen LogP contribution >= 0.6 is 0 Å². The first-order chi connectivity index (χ1) is 10.7. The number of nitrogens with one attached hydrogen (secondary N) is 1. The van der Waals surface area contributed by atoms with Gasteiger partial charge in [-0.2, -0.15) is 0 Å². The summed E-state index contributed by atoms with van der Waals surface area (Å²) >= 11 is 0. The van der Waals surface area contributed by atoms with E-state index in [0.29, 0.717) is 25.8 Å². The fourth-order valence-electron chi connectivity index (χ4n) is 2.57. The van der Waals surface area contributed by atoms with Gasteiger partial charge in [-0.25, -0.2) is 0 Å². The monoisotopic (exact) mass is 333 g/mol. The minimum absolute atomic E-state index is 0.130. The standard InChI is InChI=1S/C17H35NO5/c1-11(10-18-13(3)16(21)14(4)19)9-15(20)8-6-7-12(2)17(22)23-5/h11-16,18-21H,6-10H2,1-5H3/t11-,12?,13?,14?,15?,16?/m1/s1. The zero-order valence-corrected chi connectivity index (χ0v) is 15.2. The number of esters is 1. The first-order valence-electron chi connectivity index (χ1n) is 8.54. The van der Waals surface area contributed by atoms with Gasteiger partial charge < -0.3 is 25.4 Å². The predicted octanol–water partition coefficient (Wildman–Crippen LogP) is 1.07. The van der Waals surface area contributed by atoms with Crippen LogP contribution in [0.5, 0.6) is 0 Å². The van der Waals surface area contributed by atoms with Crippen LogP contribution in [0.15, 0.2) is 0 Å². The summed E-state index contributed by atoms with van der Waals surface area (Å²) in [5.74, 6) is -0.0801. The minimum Gasteiger partial charge on any atom is -0.469 e. The van der Waals surface area contributed by atoms with Gasteiger partial charge >= 0.3 is 5.97 Å². The summed E-state index contributed by atoms with van der Waals surface area (Å²) in [6.45, 7) is 7.93. The lowest BCUT2D eigenvalue weighted by atomic mass is 9.96. The lowest BCUT2D eigenvalue weighted by Gasteiger charge is -2.25. The van der Waals surface area contributed by atoms with Crippen LogP contribution in [0.2, 0.25) is 0 Å². The van der Waals surface area contributed by atoms with Gasteiger partial charge in [0.2, 0.25) is 0 Å². The van der Waals surface area contributed by atoms with E-state index in [4.69, 9.17) is 0 Å². The Kier molecular flexibility index (Phi) is 11.4. The van der Waals surface area contributed by atoms with Crippen molar-refractivity contribution in [3.05, 3.63) is 0 Å². The van der Waals surface area contributed by atoms with Crippen molar-refractivity contribution in [2.24, 2.45) is 11.8 Å². The molecule has 6 atom stereocenters. The zero-order valence-electron chi connectivity index (χ0n) is 15.2. The summed E-state index contributed by atoms with van der Waals surface area (Å²) in [6, 6.07) is -0.199. The number of hydrogen-bond donors (Lipinski definition) is 4. The highest BCUT2D eigenvalue weighted by Gasteiger charge is 2.20. The van der Waals surface area contributed by atoms with E-state index in [0.717, 1.165) is 6.42 Å². The smallest absolute Gasteiger partial charge is 0.308 e. The Bertz CT molecular complexity index is 324. The Hall–Kier alpha value is -0.690. The fraction of sp³-hybridized carbons (Fsp3) is 0.941. The maximum absolute atomic E-state index is 11.3. The molecule has 0 aliphatic carbocycles. The number of carbonyl (C=O) groups excluding carboxylic acids is 1. The number of ether oxygens (including phenoxy) is 1. The van der Waals surface area contributed by atoms with Gasteiger partial charge in [0.25, 0.3) is 0 Å². The second-order valence-corrected chi connectivity index (χ2v) is 6.78. The molecule has 0 aliphatic heterocycles. The fourth-order valence-corrected chi connectivity index (χ4v) is 2.57. The summed E-state index contributed by atoms with van der Waals surface area (Å²) in [5, 5.41) is 32.3. The molecule has 0 spiro atoms. The van der Waals surface area contributed by atoms with E-state index in [-0.39, 0.29) is 23.8 Å². The molecule has 0 rings (SSSR count). The highest BCUT2D eigenvalue weighted by atomic mass is 16.5. The topological polar surface area (TPSA) is 99.0 Å². The van der Waals surface area contributed by atoms with Gasteiger partial charge in [0.1, 0.15) is 0 Å². The third kappa shape index (κ3) is 9.91. The lowest BCUT2D eigenvalue weighted by molar-refractivity contribution is -0.145. The molecule has 0 bridgehead atoms. The Morgan fingerprint density at radius 1 is 1.09 bits per heavy atom. The minimum atomic E-state index is -0.799. The van der Waals surface area contributed by atoms with Crippen molar-refractivity contribution in [2.75, 3.05) is 13.7 Å². The molecule has 138 valence electrons. The van der Waals surface area contributed by atoms with Crippen LogP contribution in [0, 0.1) is 11.8 Å². The van der Waals surface area contributed by atoms with Crippen molar-refractivity contribution in [1.82, 2.24) is 5.32 Å². The molecule has 0 aromatic rings. The zero-order chi connectivity index (χ0) is 18.0. The maximum Gasteiger partial charge on any atom is 0.308 e. The maximum atomic E-state index is 11.3. The van der Waals surface area contributed by atoms with E-state index < -0.39 is 18.3 Å². The van der Waals surface area contributed by atoms with Gasteiger partial charge in [-0.05, 0) is 45.6 Å². The van der Waals surface area contributed by atoms with E-state index in [1.165, 1.54) is 7.11 Å². The van der Waals surface area contributed by atoms with E-state index >= 15 is 0 Å². The molecule has 5 unspecified atom stereocenters. The van der Waals surface area contributed by atoms with Crippen LogP contribution in [0.3, 0.4) is 0 Å². The van der Waals surface area contributed by atoms with Crippen molar-refractivity contribution in [1.29, 1.82) is 0 Å². The molecule has 0 aromatic heterocycles. The number of rotatable bonds is 12.